The molecule has 16 heavy (non-hydrogen) atoms. The highest BCUT2D eigenvalue weighted by atomic mass is 35.5. The Morgan fingerprint density at radius 2 is 1.88 bits per heavy atom. The van der Waals surface area contributed by atoms with Gasteiger partial charge in [-0.25, -0.2) is 0 Å². The highest BCUT2D eigenvalue weighted by Gasteiger charge is 2.39. The molecule has 0 aromatic heterocycles. The second-order valence-corrected chi connectivity index (χ2v) is 10.5. The van der Waals surface area contributed by atoms with Crippen LogP contribution in [0.5, 0.6) is 0 Å². The Kier molecular flexibility index (Phi) is 6.01. The van der Waals surface area contributed by atoms with Crippen LogP contribution < -0.4 is 0 Å². The molecule has 0 rings (SSSR count). The van der Waals surface area contributed by atoms with Crippen molar-refractivity contribution in [2.45, 2.75) is 51.4 Å². The Balaban J connectivity index is 4.48. The summed E-state index contributed by atoms with van der Waals surface area (Å²) in [6.45, 7) is 10.8. The molecular formula is C11H23ClO3Si. The number of alkyl halides is 1. The minimum atomic E-state index is -1.86. The van der Waals surface area contributed by atoms with Crippen molar-refractivity contribution in [1.29, 1.82) is 0 Å². The lowest BCUT2D eigenvalue weighted by molar-refractivity contribution is -0.142. The first-order chi connectivity index (χ1) is 7.14. The van der Waals surface area contributed by atoms with Gasteiger partial charge in [0.05, 0.1) is 19.6 Å². The zero-order valence-electron chi connectivity index (χ0n) is 11.1. The van der Waals surface area contributed by atoms with Gasteiger partial charge >= 0.3 is 5.97 Å². The third kappa shape index (κ3) is 4.85. The lowest BCUT2D eigenvalue weighted by atomic mass is 10.2. The number of hydrogen-bond donors (Lipinski definition) is 0. The molecule has 0 aromatic rings. The van der Waals surface area contributed by atoms with E-state index in [1.807, 2.05) is 0 Å². The molecule has 0 heterocycles. The fourth-order valence-corrected chi connectivity index (χ4v) is 2.62. The number of ether oxygens (including phenoxy) is 1. The quantitative estimate of drug-likeness (QED) is 0.436. The summed E-state index contributed by atoms with van der Waals surface area (Å²) in [5.41, 5.74) is 0. The average Bonchev–Trinajstić information content (AvgIpc) is 2.14. The predicted octanol–water partition coefficient (Wildman–Crippen LogP) is 3.18. The first-order valence-corrected chi connectivity index (χ1v) is 8.89. The number of halogens is 1. The monoisotopic (exact) mass is 266 g/mol. The minimum Gasteiger partial charge on any atom is -0.469 e. The lowest BCUT2D eigenvalue weighted by Crippen LogP contribution is -2.45. The van der Waals surface area contributed by atoms with Crippen LogP contribution in [0.4, 0.5) is 0 Å². The molecule has 0 aliphatic heterocycles. The topological polar surface area (TPSA) is 35.5 Å². The van der Waals surface area contributed by atoms with E-state index in [-0.39, 0.29) is 23.5 Å². The maximum absolute atomic E-state index is 11.2. The summed E-state index contributed by atoms with van der Waals surface area (Å²) >= 11 is 5.81. The summed E-state index contributed by atoms with van der Waals surface area (Å²) in [6, 6.07) is 0. The molecule has 0 radical (unpaired) electrons. The Hall–Kier alpha value is -0.0631. The number of esters is 1. The van der Waals surface area contributed by atoms with E-state index in [0.29, 0.717) is 5.88 Å². The van der Waals surface area contributed by atoms with Crippen molar-refractivity contribution in [3.05, 3.63) is 0 Å². The Bertz CT molecular complexity index is 236. The smallest absolute Gasteiger partial charge is 0.308 e. The van der Waals surface area contributed by atoms with E-state index < -0.39 is 8.32 Å². The zero-order valence-corrected chi connectivity index (χ0v) is 12.9. The minimum absolute atomic E-state index is 0.118. The Morgan fingerprint density at radius 1 is 1.38 bits per heavy atom. The molecule has 0 fully saturated rings. The van der Waals surface area contributed by atoms with E-state index in [1.54, 1.807) is 0 Å². The van der Waals surface area contributed by atoms with Crippen molar-refractivity contribution in [2.24, 2.45) is 0 Å². The third-order valence-corrected chi connectivity index (χ3v) is 7.94. The zero-order chi connectivity index (χ0) is 13.0. The number of carbonyl (C=O) groups excluding carboxylic acids is 1. The van der Waals surface area contributed by atoms with E-state index in [4.69, 9.17) is 16.0 Å². The SMILES string of the molecule is COC(=O)CC(CCl)O[Si](C)(C)C(C)(C)C. The van der Waals surface area contributed by atoms with Gasteiger partial charge in [-0.15, -0.1) is 11.6 Å². The molecule has 1 unspecified atom stereocenters. The van der Waals surface area contributed by atoms with Crippen LogP contribution in [0.1, 0.15) is 27.2 Å². The van der Waals surface area contributed by atoms with Crippen LogP contribution in [0, 0.1) is 0 Å². The fourth-order valence-electron chi connectivity index (χ4n) is 0.990. The molecule has 1 atom stereocenters. The Morgan fingerprint density at radius 3 is 2.19 bits per heavy atom. The molecule has 0 bridgehead atoms. The number of methoxy groups -OCH3 is 1. The normalized spacial score (nSPS) is 14.7. The number of rotatable bonds is 5. The van der Waals surface area contributed by atoms with Gasteiger partial charge in [-0.3, -0.25) is 4.79 Å². The van der Waals surface area contributed by atoms with Gasteiger partial charge < -0.3 is 9.16 Å². The molecule has 0 N–H and O–H groups in total. The molecule has 0 saturated heterocycles. The van der Waals surface area contributed by atoms with Crippen molar-refractivity contribution in [1.82, 2.24) is 0 Å². The highest BCUT2D eigenvalue weighted by Crippen LogP contribution is 2.37. The summed E-state index contributed by atoms with van der Waals surface area (Å²) in [5, 5.41) is 0.118. The number of carbonyl (C=O) groups is 1. The van der Waals surface area contributed by atoms with Crippen molar-refractivity contribution < 1.29 is 14.0 Å². The molecule has 3 nitrogen and oxygen atoms in total. The van der Waals surface area contributed by atoms with Crippen LogP contribution in [-0.2, 0) is 14.0 Å². The van der Waals surface area contributed by atoms with Crippen molar-refractivity contribution in [3.8, 4) is 0 Å². The summed E-state index contributed by atoms with van der Waals surface area (Å²) in [6.07, 6.45) is -0.0121. The molecule has 0 saturated carbocycles. The fraction of sp³-hybridized carbons (Fsp3) is 0.909. The molecule has 0 amide bonds. The summed E-state index contributed by atoms with van der Waals surface area (Å²) < 4.78 is 10.7. The molecular weight excluding hydrogens is 244 g/mol. The van der Waals surface area contributed by atoms with Crippen LogP contribution in [0.25, 0.3) is 0 Å². The van der Waals surface area contributed by atoms with Gasteiger partial charge in [-0.1, -0.05) is 20.8 Å². The molecule has 96 valence electrons. The summed E-state index contributed by atoms with van der Waals surface area (Å²) in [7, 11) is -0.486. The van der Waals surface area contributed by atoms with Crippen LogP contribution in [0.15, 0.2) is 0 Å². The molecule has 0 aliphatic carbocycles. The van der Waals surface area contributed by atoms with Gasteiger partial charge in [0.15, 0.2) is 8.32 Å². The van der Waals surface area contributed by atoms with Gasteiger partial charge in [-0.2, -0.15) is 0 Å². The summed E-state index contributed by atoms with van der Waals surface area (Å²) in [5.74, 6) is 0.0473. The molecule has 0 aromatic carbocycles. The second kappa shape index (κ2) is 6.03. The van der Waals surface area contributed by atoms with E-state index in [2.05, 4.69) is 38.6 Å². The van der Waals surface area contributed by atoms with Crippen LogP contribution in [0.2, 0.25) is 18.1 Å². The van der Waals surface area contributed by atoms with Gasteiger partial charge in [0, 0.05) is 5.88 Å². The predicted molar refractivity (Wildman–Crippen MR) is 69.4 cm³/mol. The van der Waals surface area contributed by atoms with E-state index >= 15 is 0 Å². The largest absolute Gasteiger partial charge is 0.469 e. The van der Waals surface area contributed by atoms with Crippen molar-refractivity contribution >= 4 is 25.9 Å². The van der Waals surface area contributed by atoms with E-state index in [0.717, 1.165) is 0 Å². The van der Waals surface area contributed by atoms with Crippen molar-refractivity contribution in [3.63, 3.8) is 0 Å². The maximum Gasteiger partial charge on any atom is 0.308 e. The van der Waals surface area contributed by atoms with Gasteiger partial charge in [0.2, 0.25) is 0 Å². The molecule has 5 heteroatoms. The first kappa shape index (κ1) is 15.9. The van der Waals surface area contributed by atoms with E-state index in [9.17, 15) is 4.79 Å². The number of hydrogen-bond acceptors (Lipinski definition) is 3. The van der Waals surface area contributed by atoms with Crippen LogP contribution in [0.3, 0.4) is 0 Å². The molecule has 0 aliphatic rings. The lowest BCUT2D eigenvalue weighted by Gasteiger charge is -2.38. The third-order valence-electron chi connectivity index (χ3n) is 3.06. The maximum atomic E-state index is 11.2. The standard InChI is InChI=1S/C11H23ClO3Si/c1-11(2,3)16(5,6)15-9(8-12)7-10(13)14-4/h9H,7-8H2,1-6H3. The Labute approximate surface area is 105 Å². The second-order valence-electron chi connectivity index (χ2n) is 5.43. The van der Waals surface area contributed by atoms with Gasteiger partial charge in [-0.05, 0) is 18.1 Å². The van der Waals surface area contributed by atoms with Crippen LogP contribution >= 0.6 is 11.6 Å². The van der Waals surface area contributed by atoms with Gasteiger partial charge in [0.1, 0.15) is 0 Å². The van der Waals surface area contributed by atoms with E-state index in [1.165, 1.54) is 7.11 Å². The van der Waals surface area contributed by atoms with Gasteiger partial charge in [0.25, 0.3) is 0 Å². The van der Waals surface area contributed by atoms with Crippen LogP contribution in [-0.4, -0.2) is 33.4 Å². The summed E-state index contributed by atoms with van der Waals surface area (Å²) in [4.78, 5) is 11.2. The molecule has 0 spiro atoms. The van der Waals surface area contributed by atoms with Crippen molar-refractivity contribution in [2.75, 3.05) is 13.0 Å². The highest BCUT2D eigenvalue weighted by molar-refractivity contribution is 6.74. The first-order valence-electron chi connectivity index (χ1n) is 5.44. The average molecular weight is 267 g/mol.